The maximum Gasteiger partial charge on any atom is 0.326 e. The van der Waals surface area contributed by atoms with Crippen LogP contribution in [0.3, 0.4) is 0 Å². The molecule has 0 saturated heterocycles. The smallest absolute Gasteiger partial charge is 0.326 e. The van der Waals surface area contributed by atoms with Crippen LogP contribution in [-0.4, -0.2) is 70.6 Å². The summed E-state index contributed by atoms with van der Waals surface area (Å²) in [6.07, 6.45) is -1.53. The molecule has 0 heterocycles. The largest absolute Gasteiger partial charge is 0.480 e. The molecule has 4 unspecified atom stereocenters. The minimum Gasteiger partial charge on any atom is -0.480 e. The molecule has 12 nitrogen and oxygen atoms in total. The molecule has 0 fully saturated rings. The van der Waals surface area contributed by atoms with Gasteiger partial charge in [0.25, 0.3) is 0 Å². The number of nitrogens with one attached hydrogen (secondary N) is 3. The number of primary amides is 1. The van der Waals surface area contributed by atoms with E-state index in [1.165, 1.54) is 6.92 Å². The minimum atomic E-state index is -1.35. The molecule has 0 aromatic rings. The van der Waals surface area contributed by atoms with Crippen LogP contribution in [0, 0.1) is 5.92 Å². The van der Waals surface area contributed by atoms with Crippen molar-refractivity contribution in [1.82, 2.24) is 16.0 Å². The lowest BCUT2D eigenvalue weighted by Gasteiger charge is -2.24. The van der Waals surface area contributed by atoms with E-state index in [1.54, 1.807) is 13.8 Å². The third-order valence-corrected chi connectivity index (χ3v) is 3.81. The predicted molar refractivity (Wildman–Crippen MR) is 97.4 cm³/mol. The summed E-state index contributed by atoms with van der Waals surface area (Å²) in [5.74, 6) is -4.61. The summed E-state index contributed by atoms with van der Waals surface area (Å²) in [4.78, 5) is 57.9. The maximum atomic E-state index is 12.3. The first-order valence-corrected chi connectivity index (χ1v) is 8.69. The highest BCUT2D eigenvalue weighted by Crippen LogP contribution is 2.03. The van der Waals surface area contributed by atoms with E-state index in [9.17, 15) is 29.1 Å². The number of aliphatic hydroxyl groups is 1. The molecular formula is C16H29N5O7. The van der Waals surface area contributed by atoms with Crippen LogP contribution in [0.4, 0.5) is 0 Å². The summed E-state index contributed by atoms with van der Waals surface area (Å²) in [6, 6.07) is -3.57. The molecule has 0 rings (SSSR count). The molecule has 0 aliphatic rings. The Labute approximate surface area is 162 Å². The third-order valence-electron chi connectivity index (χ3n) is 3.81. The summed E-state index contributed by atoms with van der Waals surface area (Å²) in [5, 5.41) is 25.2. The van der Waals surface area contributed by atoms with E-state index in [2.05, 4.69) is 16.0 Å². The van der Waals surface area contributed by atoms with Crippen molar-refractivity contribution in [3.05, 3.63) is 0 Å². The predicted octanol–water partition coefficient (Wildman–Crippen LogP) is -3.21. The average Bonchev–Trinajstić information content (AvgIpc) is 2.59. The van der Waals surface area contributed by atoms with E-state index < -0.39 is 60.4 Å². The summed E-state index contributed by atoms with van der Waals surface area (Å²) in [7, 11) is 0. The van der Waals surface area contributed by atoms with Crippen molar-refractivity contribution in [1.29, 1.82) is 0 Å². The molecule has 0 radical (unpaired) electrons. The molecule has 0 aliphatic carbocycles. The van der Waals surface area contributed by atoms with E-state index in [0.29, 0.717) is 0 Å². The molecule has 0 saturated carbocycles. The van der Waals surface area contributed by atoms with Gasteiger partial charge in [-0.2, -0.15) is 0 Å². The fourth-order valence-electron chi connectivity index (χ4n) is 2.07. The summed E-state index contributed by atoms with van der Waals surface area (Å²) in [5.41, 5.74) is 10.5. The number of rotatable bonds is 12. The fraction of sp³-hybridized carbons (Fsp3) is 0.688. The van der Waals surface area contributed by atoms with Crippen molar-refractivity contribution in [3.63, 3.8) is 0 Å². The quantitative estimate of drug-likeness (QED) is 0.175. The van der Waals surface area contributed by atoms with Crippen LogP contribution in [0.5, 0.6) is 0 Å². The Kier molecular flexibility index (Phi) is 10.7. The van der Waals surface area contributed by atoms with Crippen LogP contribution < -0.4 is 27.4 Å². The topological polar surface area (TPSA) is 214 Å². The van der Waals surface area contributed by atoms with Gasteiger partial charge in [0.15, 0.2) is 0 Å². The van der Waals surface area contributed by atoms with Gasteiger partial charge in [-0.3, -0.25) is 19.2 Å². The first-order valence-electron chi connectivity index (χ1n) is 8.69. The number of carbonyl (C=O) groups is 5. The van der Waals surface area contributed by atoms with Crippen molar-refractivity contribution < 1.29 is 34.2 Å². The number of carboxylic acids is 1. The molecular weight excluding hydrogens is 374 g/mol. The van der Waals surface area contributed by atoms with Crippen molar-refractivity contribution in [2.75, 3.05) is 6.54 Å². The highest BCUT2D eigenvalue weighted by molar-refractivity contribution is 5.92. The zero-order chi connectivity index (χ0) is 22.0. The second-order valence-electron chi connectivity index (χ2n) is 6.68. The molecule has 4 atom stereocenters. The molecule has 160 valence electrons. The number of aliphatic hydroxyl groups excluding tert-OH is 1. The summed E-state index contributed by atoms with van der Waals surface area (Å²) in [6.45, 7) is 4.10. The van der Waals surface area contributed by atoms with Crippen LogP contribution in [0.25, 0.3) is 0 Å². The molecule has 0 spiro atoms. The first-order chi connectivity index (χ1) is 12.9. The molecule has 0 aliphatic heterocycles. The Balaban J connectivity index is 4.75. The number of aliphatic carboxylic acids is 1. The zero-order valence-electron chi connectivity index (χ0n) is 16.1. The Bertz CT molecular complexity index is 594. The van der Waals surface area contributed by atoms with Gasteiger partial charge in [-0.1, -0.05) is 13.8 Å². The molecule has 0 aromatic heterocycles. The Hall–Kier alpha value is -2.73. The van der Waals surface area contributed by atoms with Crippen LogP contribution >= 0.6 is 0 Å². The molecule has 0 bridgehead atoms. The Morgan fingerprint density at radius 2 is 1.57 bits per heavy atom. The van der Waals surface area contributed by atoms with E-state index in [-0.39, 0.29) is 18.8 Å². The van der Waals surface area contributed by atoms with Gasteiger partial charge in [-0.25, -0.2) is 4.79 Å². The van der Waals surface area contributed by atoms with Gasteiger partial charge in [0.1, 0.15) is 18.1 Å². The van der Waals surface area contributed by atoms with E-state index in [0.717, 1.165) is 0 Å². The van der Waals surface area contributed by atoms with Crippen LogP contribution in [0.1, 0.15) is 33.6 Å². The highest BCUT2D eigenvalue weighted by Gasteiger charge is 2.28. The Morgan fingerprint density at radius 1 is 1.00 bits per heavy atom. The maximum absolute atomic E-state index is 12.3. The van der Waals surface area contributed by atoms with Crippen molar-refractivity contribution >= 4 is 29.6 Å². The average molecular weight is 403 g/mol. The van der Waals surface area contributed by atoms with Crippen LogP contribution in [0.15, 0.2) is 0 Å². The second-order valence-corrected chi connectivity index (χ2v) is 6.68. The monoisotopic (exact) mass is 403 g/mol. The highest BCUT2D eigenvalue weighted by atomic mass is 16.4. The lowest BCUT2D eigenvalue weighted by atomic mass is 10.0. The van der Waals surface area contributed by atoms with Gasteiger partial charge in [0.2, 0.25) is 23.6 Å². The van der Waals surface area contributed by atoms with Crippen LogP contribution in [-0.2, 0) is 24.0 Å². The summed E-state index contributed by atoms with van der Waals surface area (Å²) < 4.78 is 0. The first kappa shape index (κ1) is 25.3. The van der Waals surface area contributed by atoms with Gasteiger partial charge in [0.05, 0.1) is 12.6 Å². The number of amides is 4. The van der Waals surface area contributed by atoms with Gasteiger partial charge < -0.3 is 37.6 Å². The molecule has 0 aromatic carbocycles. The Morgan fingerprint density at radius 3 is 2.00 bits per heavy atom. The van der Waals surface area contributed by atoms with Crippen LogP contribution in [0.2, 0.25) is 0 Å². The van der Waals surface area contributed by atoms with Gasteiger partial charge in [0, 0.05) is 6.42 Å². The van der Waals surface area contributed by atoms with Crippen molar-refractivity contribution in [2.24, 2.45) is 17.4 Å². The van der Waals surface area contributed by atoms with Gasteiger partial charge >= 0.3 is 5.97 Å². The number of nitrogens with two attached hydrogens (primary N) is 2. The zero-order valence-corrected chi connectivity index (χ0v) is 16.1. The SMILES string of the molecule is CC(C)C(NC(=O)C(N)C(C)O)C(=O)NCC(=O)NC(CCC(N)=O)C(=O)O. The van der Waals surface area contributed by atoms with Gasteiger partial charge in [-0.15, -0.1) is 0 Å². The number of carboxylic acid groups (broad SMARTS) is 1. The minimum absolute atomic E-state index is 0.188. The van der Waals surface area contributed by atoms with E-state index in [4.69, 9.17) is 16.6 Å². The summed E-state index contributed by atoms with van der Waals surface area (Å²) >= 11 is 0. The number of carbonyl (C=O) groups excluding carboxylic acids is 4. The van der Waals surface area contributed by atoms with E-state index >= 15 is 0 Å². The number of hydrogen-bond acceptors (Lipinski definition) is 7. The fourth-order valence-corrected chi connectivity index (χ4v) is 2.07. The standard InChI is InChI=1S/C16H29N5O7/c1-7(2)13(21-14(25)12(18)8(3)22)15(26)19-6-11(24)20-9(16(27)28)4-5-10(17)23/h7-9,12-13,22H,4-6,18H2,1-3H3,(H2,17,23)(H,19,26)(H,20,24)(H,21,25)(H,27,28). The number of hydrogen-bond donors (Lipinski definition) is 7. The second kappa shape index (κ2) is 11.9. The van der Waals surface area contributed by atoms with Gasteiger partial charge in [-0.05, 0) is 19.3 Å². The molecule has 4 amide bonds. The lowest BCUT2D eigenvalue weighted by Crippen LogP contribution is -2.57. The van der Waals surface area contributed by atoms with E-state index in [1.807, 2.05) is 0 Å². The lowest BCUT2D eigenvalue weighted by molar-refractivity contribution is -0.142. The third kappa shape index (κ3) is 9.28. The van der Waals surface area contributed by atoms with Crippen molar-refractivity contribution in [3.8, 4) is 0 Å². The molecule has 9 N–H and O–H groups in total. The van der Waals surface area contributed by atoms with Crippen molar-refractivity contribution in [2.45, 2.75) is 57.8 Å². The molecule has 28 heavy (non-hydrogen) atoms. The molecule has 12 heteroatoms. The normalized spacial score (nSPS) is 15.1.